The van der Waals surface area contributed by atoms with Crippen molar-refractivity contribution in [2.75, 3.05) is 41.4 Å². The number of aliphatic hydroxyl groups is 1. The minimum Gasteiger partial charge on any atom is -0.396 e. The fourth-order valence-corrected chi connectivity index (χ4v) is 4.22. The Balaban J connectivity index is 2.02. The van der Waals surface area contributed by atoms with Gasteiger partial charge >= 0.3 is 0 Å². The smallest absolute Gasteiger partial charge is 0.225 e. The van der Waals surface area contributed by atoms with Crippen LogP contribution in [0.15, 0.2) is 0 Å². The van der Waals surface area contributed by atoms with Crippen molar-refractivity contribution in [3.8, 4) is 0 Å². The molecule has 9 heteroatoms. The van der Waals surface area contributed by atoms with Crippen LogP contribution in [0, 0.1) is 13.8 Å². The van der Waals surface area contributed by atoms with Crippen LogP contribution in [0.25, 0.3) is 0 Å². The SMILES string of the molecule is CCCCCc1c(C)nc(N)nc1NCCC(C)Nc1nc(C)c(CCCCO)c(NCCCC)n1. The summed E-state index contributed by atoms with van der Waals surface area (Å²) < 4.78 is 0. The van der Waals surface area contributed by atoms with Crippen LogP contribution in [-0.2, 0) is 12.8 Å². The molecule has 2 rings (SSSR count). The minimum atomic E-state index is 0.171. The van der Waals surface area contributed by atoms with Crippen molar-refractivity contribution < 1.29 is 5.11 Å². The van der Waals surface area contributed by atoms with Gasteiger partial charge in [-0.25, -0.2) is 9.97 Å². The number of hydrogen-bond donors (Lipinski definition) is 5. The minimum absolute atomic E-state index is 0.171. The van der Waals surface area contributed by atoms with Gasteiger partial charge in [-0.15, -0.1) is 0 Å². The van der Waals surface area contributed by atoms with Gasteiger partial charge < -0.3 is 26.8 Å². The van der Waals surface area contributed by atoms with Crippen molar-refractivity contribution in [1.29, 1.82) is 0 Å². The predicted octanol–water partition coefficient (Wildman–Crippen LogP) is 5.03. The molecule has 6 N–H and O–H groups in total. The molecule has 0 radical (unpaired) electrons. The first-order valence-electron chi connectivity index (χ1n) is 13.7. The fourth-order valence-electron chi connectivity index (χ4n) is 4.22. The highest BCUT2D eigenvalue weighted by Gasteiger charge is 2.14. The monoisotopic (exact) mass is 500 g/mol. The van der Waals surface area contributed by atoms with Gasteiger partial charge in [0.25, 0.3) is 0 Å². The number of unbranched alkanes of at least 4 members (excludes halogenated alkanes) is 4. The van der Waals surface area contributed by atoms with Crippen molar-refractivity contribution in [2.24, 2.45) is 0 Å². The molecule has 36 heavy (non-hydrogen) atoms. The van der Waals surface area contributed by atoms with Gasteiger partial charge in [0, 0.05) is 48.3 Å². The molecule has 1 unspecified atom stereocenters. The summed E-state index contributed by atoms with van der Waals surface area (Å²) in [5.41, 5.74) is 10.2. The van der Waals surface area contributed by atoms with Gasteiger partial charge in [-0.05, 0) is 65.7 Å². The quantitative estimate of drug-likeness (QED) is 0.179. The van der Waals surface area contributed by atoms with Crippen molar-refractivity contribution in [3.63, 3.8) is 0 Å². The molecule has 0 aliphatic heterocycles. The first-order valence-corrected chi connectivity index (χ1v) is 13.7. The Morgan fingerprint density at radius 3 is 2.06 bits per heavy atom. The second-order valence-electron chi connectivity index (χ2n) is 9.63. The van der Waals surface area contributed by atoms with Crippen LogP contribution in [0.4, 0.5) is 23.5 Å². The van der Waals surface area contributed by atoms with Crippen LogP contribution in [0.5, 0.6) is 0 Å². The Hall–Kier alpha value is -2.68. The van der Waals surface area contributed by atoms with E-state index in [-0.39, 0.29) is 12.6 Å². The molecule has 0 spiro atoms. The number of anilines is 4. The molecule has 9 nitrogen and oxygen atoms in total. The first-order chi connectivity index (χ1) is 17.4. The summed E-state index contributed by atoms with van der Waals surface area (Å²) in [4.78, 5) is 18.4. The van der Waals surface area contributed by atoms with Crippen molar-refractivity contribution in [3.05, 3.63) is 22.5 Å². The molecular formula is C27H48N8O. The summed E-state index contributed by atoms with van der Waals surface area (Å²) in [5, 5.41) is 19.6. The van der Waals surface area contributed by atoms with Crippen LogP contribution < -0.4 is 21.7 Å². The summed E-state index contributed by atoms with van der Waals surface area (Å²) in [6.45, 7) is 12.4. The van der Waals surface area contributed by atoms with E-state index in [2.05, 4.69) is 46.7 Å². The number of hydrogen-bond acceptors (Lipinski definition) is 9. The number of nitrogens with zero attached hydrogens (tertiary/aromatic N) is 4. The number of rotatable bonds is 18. The molecule has 2 heterocycles. The highest BCUT2D eigenvalue weighted by molar-refractivity contribution is 5.51. The van der Waals surface area contributed by atoms with Gasteiger partial charge in [0.05, 0.1) is 0 Å². The normalized spacial score (nSPS) is 11.9. The average Bonchev–Trinajstić information content (AvgIpc) is 2.82. The largest absolute Gasteiger partial charge is 0.396 e. The number of aryl methyl sites for hydroxylation is 2. The van der Waals surface area contributed by atoms with E-state index in [9.17, 15) is 0 Å². The summed E-state index contributed by atoms with van der Waals surface area (Å²) in [7, 11) is 0. The van der Waals surface area contributed by atoms with Crippen molar-refractivity contribution >= 4 is 23.5 Å². The lowest BCUT2D eigenvalue weighted by atomic mass is 10.1. The van der Waals surface area contributed by atoms with E-state index in [0.717, 1.165) is 98.6 Å². The van der Waals surface area contributed by atoms with Gasteiger partial charge in [-0.1, -0.05) is 33.1 Å². The molecule has 202 valence electrons. The maximum Gasteiger partial charge on any atom is 0.225 e. The number of aromatic nitrogens is 4. The maximum atomic E-state index is 9.16. The Morgan fingerprint density at radius 1 is 0.778 bits per heavy atom. The molecular weight excluding hydrogens is 452 g/mol. The van der Waals surface area contributed by atoms with E-state index in [1.54, 1.807) is 0 Å². The van der Waals surface area contributed by atoms with Crippen LogP contribution in [0.2, 0.25) is 0 Å². The molecule has 0 bridgehead atoms. The summed E-state index contributed by atoms with van der Waals surface area (Å²) >= 11 is 0. The topological polar surface area (TPSA) is 134 Å². The van der Waals surface area contributed by atoms with Gasteiger partial charge in [0.15, 0.2) is 0 Å². The maximum absolute atomic E-state index is 9.16. The Morgan fingerprint density at radius 2 is 1.39 bits per heavy atom. The zero-order valence-electron chi connectivity index (χ0n) is 23.1. The van der Waals surface area contributed by atoms with Crippen molar-refractivity contribution in [1.82, 2.24) is 19.9 Å². The molecule has 0 aliphatic carbocycles. The zero-order valence-corrected chi connectivity index (χ0v) is 23.1. The molecule has 0 fully saturated rings. The number of nitrogens with two attached hydrogens (primary N) is 1. The van der Waals surface area contributed by atoms with E-state index in [0.29, 0.717) is 11.9 Å². The third kappa shape index (κ3) is 9.76. The van der Waals surface area contributed by atoms with Crippen LogP contribution in [-0.4, -0.2) is 50.8 Å². The second-order valence-corrected chi connectivity index (χ2v) is 9.63. The van der Waals surface area contributed by atoms with Crippen LogP contribution >= 0.6 is 0 Å². The molecule has 0 saturated heterocycles. The van der Waals surface area contributed by atoms with E-state index in [4.69, 9.17) is 20.8 Å². The highest BCUT2D eigenvalue weighted by atomic mass is 16.2. The third-order valence-electron chi connectivity index (χ3n) is 6.38. The standard InChI is InChI=1S/C27H48N8O/c1-6-8-10-13-22-20(4)32-26(28)34-24(22)30-17-15-19(3)31-27-33-21(5)23(14-11-12-18-36)25(35-27)29-16-9-7-2/h19,36H,6-18H2,1-5H3,(H3,28,30,32,34)(H2,29,31,33,35). The average molecular weight is 501 g/mol. The van der Waals surface area contributed by atoms with E-state index >= 15 is 0 Å². The van der Waals surface area contributed by atoms with Gasteiger partial charge in [0.1, 0.15) is 11.6 Å². The summed E-state index contributed by atoms with van der Waals surface area (Å²) in [6.07, 6.45) is 10.1. The summed E-state index contributed by atoms with van der Waals surface area (Å²) in [5.74, 6) is 2.72. The predicted molar refractivity (Wildman–Crippen MR) is 151 cm³/mol. The lowest BCUT2D eigenvalue weighted by Crippen LogP contribution is -2.22. The molecule has 2 aromatic heterocycles. The first kappa shape index (κ1) is 29.5. The van der Waals surface area contributed by atoms with Gasteiger partial charge in [0.2, 0.25) is 11.9 Å². The summed E-state index contributed by atoms with van der Waals surface area (Å²) in [6, 6.07) is 0.171. The molecule has 0 aliphatic rings. The fraction of sp³-hybridized carbons (Fsp3) is 0.704. The lowest BCUT2D eigenvalue weighted by Gasteiger charge is -2.19. The van der Waals surface area contributed by atoms with Crippen LogP contribution in [0.1, 0.15) is 94.7 Å². The molecule has 0 aromatic carbocycles. The zero-order chi connectivity index (χ0) is 26.3. The molecule has 2 aromatic rings. The van der Waals surface area contributed by atoms with Crippen LogP contribution in [0.3, 0.4) is 0 Å². The number of nitrogens with one attached hydrogen (secondary N) is 3. The van der Waals surface area contributed by atoms with Gasteiger partial charge in [-0.2, -0.15) is 9.97 Å². The van der Waals surface area contributed by atoms with E-state index in [1.165, 1.54) is 12.8 Å². The second kappa shape index (κ2) is 16.1. The van der Waals surface area contributed by atoms with Gasteiger partial charge in [-0.3, -0.25) is 0 Å². The Bertz CT molecular complexity index is 921. The highest BCUT2D eigenvalue weighted by Crippen LogP contribution is 2.23. The van der Waals surface area contributed by atoms with E-state index < -0.39 is 0 Å². The van der Waals surface area contributed by atoms with Crippen molar-refractivity contribution in [2.45, 2.75) is 105 Å². The third-order valence-corrected chi connectivity index (χ3v) is 6.38. The number of nitrogen functional groups attached to an aromatic ring is 1. The van der Waals surface area contributed by atoms with E-state index in [1.807, 2.05) is 13.8 Å². The lowest BCUT2D eigenvalue weighted by molar-refractivity contribution is 0.284. The molecule has 1 atom stereocenters. The number of aliphatic hydroxyl groups excluding tert-OH is 1. The molecule has 0 amide bonds. The Kier molecular flexibility index (Phi) is 13.2. The molecule has 0 saturated carbocycles. The Labute approximate surface area is 217 Å².